The minimum Gasteiger partial charge on any atom is -0.468 e. The molecular weight excluding hydrogens is 264 g/mol. The number of nitrogens with zero attached hydrogens (tertiary/aromatic N) is 1. The second-order valence-corrected chi connectivity index (χ2v) is 5.82. The summed E-state index contributed by atoms with van der Waals surface area (Å²) in [5.41, 5.74) is 0.262. The Bertz CT molecular complexity index is 451. The lowest BCUT2D eigenvalue weighted by Crippen LogP contribution is -2.55. The molecular formula is C13H20N2O3S. The number of hydrogen-bond acceptors (Lipinski definition) is 6. The molecule has 5 nitrogen and oxygen atoms in total. The van der Waals surface area contributed by atoms with Crippen molar-refractivity contribution in [2.45, 2.75) is 37.5 Å². The fourth-order valence-corrected chi connectivity index (χ4v) is 3.40. The lowest BCUT2D eigenvalue weighted by atomic mass is 9.96. The van der Waals surface area contributed by atoms with Crippen LogP contribution >= 0.6 is 11.8 Å². The van der Waals surface area contributed by atoms with Crippen molar-refractivity contribution < 1.29 is 13.9 Å². The minimum absolute atomic E-state index is 0.204. The normalized spacial score (nSPS) is 18.1. The number of methoxy groups -OCH3 is 1. The van der Waals surface area contributed by atoms with Crippen molar-refractivity contribution in [3.05, 3.63) is 11.5 Å². The molecule has 1 heterocycles. The summed E-state index contributed by atoms with van der Waals surface area (Å²) in [6.45, 7) is 3.80. The predicted octanol–water partition coefficient (Wildman–Crippen LogP) is 1.92. The van der Waals surface area contributed by atoms with Crippen molar-refractivity contribution in [3.63, 3.8) is 0 Å². The molecule has 6 heteroatoms. The maximum absolute atomic E-state index is 12.1. The van der Waals surface area contributed by atoms with Crippen LogP contribution in [0, 0.1) is 19.8 Å². The van der Waals surface area contributed by atoms with Crippen LogP contribution < -0.4 is 5.32 Å². The van der Waals surface area contributed by atoms with Crippen LogP contribution in [0.5, 0.6) is 0 Å². The van der Waals surface area contributed by atoms with E-state index in [0.29, 0.717) is 16.9 Å². The van der Waals surface area contributed by atoms with Gasteiger partial charge in [-0.15, -0.1) is 0 Å². The first-order valence-electron chi connectivity index (χ1n) is 6.37. The van der Waals surface area contributed by atoms with Crippen LogP contribution in [-0.2, 0) is 9.53 Å². The number of rotatable bonds is 6. The summed E-state index contributed by atoms with van der Waals surface area (Å²) in [7, 11) is 3.24. The van der Waals surface area contributed by atoms with Gasteiger partial charge in [0.2, 0.25) is 0 Å². The highest BCUT2D eigenvalue weighted by molar-refractivity contribution is 7.99. The summed E-state index contributed by atoms with van der Waals surface area (Å²) >= 11 is 1.46. The van der Waals surface area contributed by atoms with Crippen molar-refractivity contribution in [3.8, 4) is 0 Å². The minimum atomic E-state index is -0.629. The van der Waals surface area contributed by atoms with Gasteiger partial charge in [-0.1, -0.05) is 11.8 Å². The molecule has 1 aliphatic rings. The zero-order chi connectivity index (χ0) is 14.0. The molecule has 0 spiro atoms. The molecule has 0 saturated heterocycles. The van der Waals surface area contributed by atoms with Crippen LogP contribution in [0.25, 0.3) is 0 Å². The lowest BCUT2D eigenvalue weighted by Gasteiger charge is -2.29. The highest BCUT2D eigenvalue weighted by Gasteiger charge is 2.51. The first-order valence-corrected chi connectivity index (χ1v) is 7.36. The third-order valence-electron chi connectivity index (χ3n) is 3.70. The molecule has 106 valence electrons. The molecule has 1 saturated carbocycles. The molecule has 0 radical (unpaired) electrons. The fraction of sp³-hybridized carbons (Fsp3) is 0.692. The lowest BCUT2D eigenvalue weighted by molar-refractivity contribution is -0.148. The van der Waals surface area contributed by atoms with Gasteiger partial charge in [0.25, 0.3) is 5.22 Å². The van der Waals surface area contributed by atoms with Crippen LogP contribution in [0.15, 0.2) is 9.64 Å². The topological polar surface area (TPSA) is 64.4 Å². The van der Waals surface area contributed by atoms with Gasteiger partial charge in [-0.2, -0.15) is 0 Å². The third kappa shape index (κ3) is 2.79. The van der Waals surface area contributed by atoms with Crippen LogP contribution in [0.4, 0.5) is 0 Å². The first kappa shape index (κ1) is 14.4. The van der Waals surface area contributed by atoms with E-state index in [9.17, 15) is 4.79 Å². The average molecular weight is 284 g/mol. The molecule has 19 heavy (non-hydrogen) atoms. The molecule has 1 aliphatic carbocycles. The number of carbonyl (C=O) groups is 1. The van der Waals surface area contributed by atoms with Gasteiger partial charge < -0.3 is 14.5 Å². The van der Waals surface area contributed by atoms with Crippen molar-refractivity contribution in [1.82, 2.24) is 10.3 Å². The first-order chi connectivity index (χ1) is 9.03. The number of ether oxygens (including phenoxy) is 1. The summed E-state index contributed by atoms with van der Waals surface area (Å²) in [5.74, 6) is 1.53. The molecule has 0 aliphatic heterocycles. The molecule has 2 rings (SSSR count). The largest absolute Gasteiger partial charge is 0.468 e. The van der Waals surface area contributed by atoms with E-state index in [1.807, 2.05) is 20.9 Å². The van der Waals surface area contributed by atoms with Crippen molar-refractivity contribution in [1.29, 1.82) is 0 Å². The van der Waals surface area contributed by atoms with E-state index in [1.165, 1.54) is 18.9 Å². The second kappa shape index (κ2) is 5.54. The van der Waals surface area contributed by atoms with E-state index in [2.05, 4.69) is 10.3 Å². The Hall–Kier alpha value is -1.01. The smallest absolute Gasteiger partial charge is 0.327 e. The maximum atomic E-state index is 12.1. The van der Waals surface area contributed by atoms with Gasteiger partial charge in [-0.05, 0) is 39.7 Å². The Morgan fingerprint density at radius 3 is 2.68 bits per heavy atom. The quantitative estimate of drug-likeness (QED) is 0.636. The summed E-state index contributed by atoms with van der Waals surface area (Å²) in [6.07, 6.45) is 2.11. The van der Waals surface area contributed by atoms with Gasteiger partial charge in [0, 0.05) is 5.75 Å². The van der Waals surface area contributed by atoms with Crippen LogP contribution in [0.3, 0.4) is 0 Å². The van der Waals surface area contributed by atoms with Gasteiger partial charge in [0.15, 0.2) is 0 Å². The molecule has 0 bridgehead atoms. The molecule has 1 aromatic heterocycles. The summed E-state index contributed by atoms with van der Waals surface area (Å²) < 4.78 is 10.5. The average Bonchev–Trinajstić information content (AvgIpc) is 3.19. The predicted molar refractivity (Wildman–Crippen MR) is 73.2 cm³/mol. The molecule has 1 unspecified atom stereocenters. The molecule has 1 fully saturated rings. The standard InChI is InChI=1S/C13H20N2O3S/c1-8-9(2)18-12(15-8)19-7-13(14-3,10-5-6-10)11(16)17-4/h10,14H,5-7H2,1-4H3. The van der Waals surface area contributed by atoms with Crippen molar-refractivity contribution in [2.24, 2.45) is 5.92 Å². The van der Waals surface area contributed by atoms with E-state index in [0.717, 1.165) is 24.3 Å². The zero-order valence-electron chi connectivity index (χ0n) is 11.8. The third-order valence-corrected chi connectivity index (χ3v) is 4.72. The Morgan fingerprint density at radius 2 is 2.26 bits per heavy atom. The number of esters is 1. The summed E-state index contributed by atoms with van der Waals surface area (Å²) in [6, 6.07) is 0. The van der Waals surface area contributed by atoms with Gasteiger partial charge >= 0.3 is 5.97 Å². The number of nitrogens with one attached hydrogen (secondary N) is 1. The number of oxazole rings is 1. The van der Waals surface area contributed by atoms with E-state index in [-0.39, 0.29) is 5.97 Å². The van der Waals surface area contributed by atoms with E-state index < -0.39 is 5.54 Å². The molecule has 0 aromatic carbocycles. The highest BCUT2D eigenvalue weighted by atomic mass is 32.2. The van der Waals surface area contributed by atoms with Gasteiger partial charge in [-0.25, -0.2) is 4.98 Å². The molecule has 1 N–H and O–H groups in total. The number of carbonyl (C=O) groups excluding carboxylic acids is 1. The van der Waals surface area contributed by atoms with E-state index in [1.54, 1.807) is 0 Å². The molecule has 0 amide bonds. The zero-order valence-corrected chi connectivity index (χ0v) is 12.6. The maximum Gasteiger partial charge on any atom is 0.327 e. The Morgan fingerprint density at radius 1 is 1.58 bits per heavy atom. The Labute approximate surface area is 117 Å². The number of thioether (sulfide) groups is 1. The van der Waals surface area contributed by atoms with Crippen molar-refractivity contribution in [2.75, 3.05) is 19.9 Å². The number of likely N-dealkylation sites (N-methyl/N-ethyl adjacent to an activating group) is 1. The van der Waals surface area contributed by atoms with Crippen LogP contribution in [0.2, 0.25) is 0 Å². The fourth-order valence-electron chi connectivity index (χ4n) is 2.16. The Balaban J connectivity index is 2.10. The van der Waals surface area contributed by atoms with Crippen molar-refractivity contribution >= 4 is 17.7 Å². The highest BCUT2D eigenvalue weighted by Crippen LogP contribution is 2.42. The van der Waals surface area contributed by atoms with Gasteiger partial charge in [0.1, 0.15) is 11.3 Å². The molecule has 1 aromatic rings. The van der Waals surface area contributed by atoms with Gasteiger partial charge in [-0.3, -0.25) is 4.79 Å². The monoisotopic (exact) mass is 284 g/mol. The number of hydrogen-bond donors (Lipinski definition) is 1. The van der Waals surface area contributed by atoms with E-state index in [4.69, 9.17) is 9.15 Å². The summed E-state index contributed by atoms with van der Waals surface area (Å²) in [5, 5.41) is 3.77. The molecule has 1 atom stereocenters. The Kier molecular flexibility index (Phi) is 4.20. The second-order valence-electron chi connectivity index (χ2n) is 4.90. The SMILES string of the molecule is CNC(CSc1nc(C)c(C)o1)(C(=O)OC)C1CC1. The van der Waals surface area contributed by atoms with Crippen LogP contribution in [0.1, 0.15) is 24.3 Å². The summed E-state index contributed by atoms with van der Waals surface area (Å²) in [4.78, 5) is 16.4. The number of aryl methyl sites for hydroxylation is 2. The van der Waals surface area contributed by atoms with Gasteiger partial charge in [0.05, 0.1) is 12.8 Å². The van der Waals surface area contributed by atoms with Crippen LogP contribution in [-0.4, -0.2) is 36.4 Å². The van der Waals surface area contributed by atoms with E-state index >= 15 is 0 Å². The number of aromatic nitrogens is 1.